The molecule has 0 aromatic heterocycles. The summed E-state index contributed by atoms with van der Waals surface area (Å²) in [6, 6.07) is 15.7. The second-order valence-electron chi connectivity index (χ2n) is 6.53. The first-order valence-corrected chi connectivity index (χ1v) is 9.86. The smallest absolute Gasteiger partial charge is 0.411 e. The molecule has 1 atom stereocenters. The van der Waals surface area contributed by atoms with Gasteiger partial charge in [0, 0.05) is 29.5 Å². The number of carbonyl (C=O) groups is 2. The van der Waals surface area contributed by atoms with Crippen LogP contribution in [0.1, 0.15) is 6.92 Å². The Kier molecular flexibility index (Phi) is 6.90. The molecule has 3 rings (SSSR count). The number of ether oxygens (including phenoxy) is 1. The molecule has 3 amide bonds. The summed E-state index contributed by atoms with van der Waals surface area (Å²) in [7, 11) is 0. The van der Waals surface area contributed by atoms with Gasteiger partial charge in [-0.05, 0) is 49.5 Å². The molecule has 2 aromatic carbocycles. The maximum Gasteiger partial charge on any atom is 0.411 e. The summed E-state index contributed by atoms with van der Waals surface area (Å²) in [5.41, 5.74) is 1.25. The number of benzene rings is 2. The van der Waals surface area contributed by atoms with Crippen LogP contribution < -0.4 is 10.6 Å². The van der Waals surface area contributed by atoms with Crippen molar-refractivity contribution in [1.82, 2.24) is 9.80 Å². The maximum atomic E-state index is 12.5. The van der Waals surface area contributed by atoms with Crippen molar-refractivity contribution >= 4 is 52.4 Å². The highest BCUT2D eigenvalue weighted by atomic mass is 35.5. The summed E-state index contributed by atoms with van der Waals surface area (Å²) >= 11 is 11.3. The number of hydrogen-bond donors (Lipinski definition) is 2. The molecule has 2 aromatic rings. The van der Waals surface area contributed by atoms with Gasteiger partial charge in [-0.3, -0.25) is 10.2 Å². The van der Waals surface area contributed by atoms with Gasteiger partial charge in [-0.25, -0.2) is 9.59 Å². The maximum absolute atomic E-state index is 12.5. The average Bonchev–Trinajstić information content (AvgIpc) is 3.02. The number of hydrogen-bond acceptors (Lipinski definition) is 4. The van der Waals surface area contributed by atoms with Gasteiger partial charge in [-0.15, -0.1) is 0 Å². The minimum absolute atomic E-state index is 0.282. The van der Waals surface area contributed by atoms with Crippen molar-refractivity contribution in [3.05, 3.63) is 59.6 Å². The summed E-state index contributed by atoms with van der Waals surface area (Å²) in [5.74, 6) is 0. The van der Waals surface area contributed by atoms with E-state index >= 15 is 0 Å². The quantitative estimate of drug-likeness (QED) is 0.684. The lowest BCUT2D eigenvalue weighted by Crippen LogP contribution is -2.41. The van der Waals surface area contributed by atoms with Gasteiger partial charge in [0.2, 0.25) is 0 Å². The van der Waals surface area contributed by atoms with Crippen LogP contribution in [0.15, 0.2) is 54.6 Å². The van der Waals surface area contributed by atoms with E-state index < -0.39 is 12.2 Å². The molecule has 9 heteroatoms. The molecule has 1 heterocycles. The van der Waals surface area contributed by atoms with E-state index in [2.05, 4.69) is 10.6 Å². The monoisotopic (exact) mass is 432 g/mol. The third-order valence-electron chi connectivity index (χ3n) is 4.22. The van der Waals surface area contributed by atoms with Gasteiger partial charge in [0.25, 0.3) is 0 Å². The number of halogens is 1. The van der Waals surface area contributed by atoms with E-state index in [9.17, 15) is 9.59 Å². The number of nitrogens with zero attached hydrogens (tertiary/aromatic N) is 2. The molecule has 29 heavy (non-hydrogen) atoms. The number of para-hydroxylation sites is 1. The molecule has 152 valence electrons. The van der Waals surface area contributed by atoms with Crippen LogP contribution in [-0.2, 0) is 4.74 Å². The average molecular weight is 433 g/mol. The zero-order valence-electron chi connectivity index (χ0n) is 15.8. The van der Waals surface area contributed by atoms with E-state index in [1.165, 1.54) is 4.90 Å². The van der Waals surface area contributed by atoms with Crippen molar-refractivity contribution in [2.45, 2.75) is 13.0 Å². The van der Waals surface area contributed by atoms with Crippen LogP contribution in [0.2, 0.25) is 5.02 Å². The van der Waals surface area contributed by atoms with E-state index in [1.54, 1.807) is 31.2 Å². The Labute approximate surface area is 179 Å². The minimum Gasteiger partial charge on any atom is -0.444 e. The number of rotatable bonds is 5. The summed E-state index contributed by atoms with van der Waals surface area (Å²) in [4.78, 5) is 27.9. The zero-order valence-corrected chi connectivity index (χ0v) is 17.4. The predicted molar refractivity (Wildman–Crippen MR) is 117 cm³/mol. The topological polar surface area (TPSA) is 73.9 Å². The number of thiocarbonyl (C=S) groups is 1. The SMILES string of the molecule is CC(CN1CCN(C(=O)Nc2ccccc2)C1=S)OC(=O)Nc1cccc(Cl)c1. The van der Waals surface area contributed by atoms with Gasteiger partial charge >= 0.3 is 12.1 Å². The number of carbonyl (C=O) groups excluding carboxylic acids is 2. The van der Waals surface area contributed by atoms with E-state index in [1.807, 2.05) is 35.2 Å². The molecule has 1 saturated heterocycles. The number of amides is 3. The lowest BCUT2D eigenvalue weighted by atomic mass is 10.3. The third-order valence-corrected chi connectivity index (χ3v) is 4.94. The molecule has 1 aliphatic rings. The van der Waals surface area contributed by atoms with Crippen molar-refractivity contribution in [2.24, 2.45) is 0 Å². The standard InChI is InChI=1S/C20H21ClN4O3S/c1-14(28-19(27)23-17-9-5-6-15(21)12-17)13-24-10-11-25(20(24)29)18(26)22-16-7-3-2-4-8-16/h2-9,12,14H,10-11,13H2,1H3,(H,22,26)(H,23,27). The summed E-state index contributed by atoms with van der Waals surface area (Å²) in [5, 5.41) is 6.38. The second kappa shape index (κ2) is 9.58. The highest BCUT2D eigenvalue weighted by molar-refractivity contribution is 7.80. The normalized spacial score (nSPS) is 14.5. The van der Waals surface area contributed by atoms with Crippen LogP contribution in [0.3, 0.4) is 0 Å². The molecule has 0 aliphatic carbocycles. The number of urea groups is 1. The van der Waals surface area contributed by atoms with Gasteiger partial charge in [-0.1, -0.05) is 35.9 Å². The van der Waals surface area contributed by atoms with E-state index in [4.69, 9.17) is 28.6 Å². The molecule has 0 radical (unpaired) electrons. The summed E-state index contributed by atoms with van der Waals surface area (Å²) < 4.78 is 5.38. The van der Waals surface area contributed by atoms with Gasteiger partial charge in [0.1, 0.15) is 6.10 Å². The Morgan fingerprint density at radius 1 is 1.10 bits per heavy atom. The molecule has 1 aliphatic heterocycles. The van der Waals surface area contributed by atoms with Crippen LogP contribution >= 0.6 is 23.8 Å². The van der Waals surface area contributed by atoms with E-state index in [0.29, 0.717) is 41.1 Å². The highest BCUT2D eigenvalue weighted by Gasteiger charge is 2.31. The van der Waals surface area contributed by atoms with Crippen molar-refractivity contribution in [2.75, 3.05) is 30.3 Å². The van der Waals surface area contributed by atoms with Crippen LogP contribution in [0.4, 0.5) is 21.0 Å². The highest BCUT2D eigenvalue weighted by Crippen LogP contribution is 2.16. The van der Waals surface area contributed by atoms with Crippen LogP contribution in [0, 0.1) is 0 Å². The zero-order chi connectivity index (χ0) is 20.8. The Bertz CT molecular complexity index is 896. The molecule has 0 bridgehead atoms. The fourth-order valence-electron chi connectivity index (χ4n) is 2.90. The number of anilines is 2. The molecule has 0 saturated carbocycles. The molecule has 2 N–H and O–H groups in total. The molecule has 1 unspecified atom stereocenters. The van der Waals surface area contributed by atoms with Crippen molar-refractivity contribution in [3.8, 4) is 0 Å². The van der Waals surface area contributed by atoms with E-state index in [0.717, 1.165) is 0 Å². The largest absolute Gasteiger partial charge is 0.444 e. The van der Waals surface area contributed by atoms with Gasteiger partial charge in [-0.2, -0.15) is 0 Å². The Hall–Kier alpha value is -2.84. The second-order valence-corrected chi connectivity index (χ2v) is 7.33. The lowest BCUT2D eigenvalue weighted by Gasteiger charge is -2.24. The molecule has 1 fully saturated rings. The fourth-order valence-corrected chi connectivity index (χ4v) is 3.43. The first kappa shape index (κ1) is 20.9. The van der Waals surface area contributed by atoms with Crippen molar-refractivity contribution in [1.29, 1.82) is 0 Å². The van der Waals surface area contributed by atoms with Crippen LogP contribution in [0.5, 0.6) is 0 Å². The Morgan fingerprint density at radius 3 is 2.55 bits per heavy atom. The predicted octanol–water partition coefficient (Wildman–Crippen LogP) is 4.41. The Balaban J connectivity index is 1.48. The summed E-state index contributed by atoms with van der Waals surface area (Å²) in [6.07, 6.45) is -1.01. The Morgan fingerprint density at radius 2 is 1.83 bits per heavy atom. The number of nitrogens with one attached hydrogen (secondary N) is 2. The molecule has 7 nitrogen and oxygen atoms in total. The van der Waals surface area contributed by atoms with Gasteiger partial charge in [0.05, 0.1) is 6.54 Å². The van der Waals surface area contributed by atoms with Crippen molar-refractivity contribution in [3.63, 3.8) is 0 Å². The van der Waals surface area contributed by atoms with Gasteiger partial charge < -0.3 is 15.0 Å². The lowest BCUT2D eigenvalue weighted by molar-refractivity contribution is 0.108. The van der Waals surface area contributed by atoms with Crippen molar-refractivity contribution < 1.29 is 14.3 Å². The van der Waals surface area contributed by atoms with Crippen LogP contribution in [0.25, 0.3) is 0 Å². The van der Waals surface area contributed by atoms with E-state index in [-0.39, 0.29) is 6.03 Å². The van der Waals surface area contributed by atoms with Crippen LogP contribution in [-0.4, -0.2) is 52.8 Å². The molecular weight excluding hydrogens is 412 g/mol. The summed E-state index contributed by atoms with van der Waals surface area (Å²) in [6.45, 7) is 3.20. The minimum atomic E-state index is -0.580. The third kappa shape index (κ3) is 5.82. The molecule has 0 spiro atoms. The molecular formula is C20H21ClN4O3S. The fraction of sp³-hybridized carbons (Fsp3) is 0.250. The first-order valence-electron chi connectivity index (χ1n) is 9.08. The first-order chi connectivity index (χ1) is 13.9. The van der Waals surface area contributed by atoms with Gasteiger partial charge in [0.15, 0.2) is 5.11 Å².